The molecule has 9 N–H and O–H groups in total. The summed E-state index contributed by atoms with van der Waals surface area (Å²) in [6, 6.07) is 8.04. The number of imide groups is 1. The van der Waals surface area contributed by atoms with Crippen molar-refractivity contribution in [3.63, 3.8) is 0 Å². The molecule has 2 fully saturated rings. The second-order valence-electron chi connectivity index (χ2n) is 8.00. The van der Waals surface area contributed by atoms with Crippen molar-refractivity contribution in [2.75, 3.05) is 11.5 Å². The molecular weight excluding hydrogens is 486 g/mol. The largest absolute Gasteiger partial charge is 0.477 e. The third-order valence-corrected chi connectivity index (χ3v) is 5.06. The van der Waals surface area contributed by atoms with E-state index in [1.807, 2.05) is 0 Å². The van der Waals surface area contributed by atoms with Crippen LogP contribution in [0.4, 0.5) is 11.6 Å². The summed E-state index contributed by atoms with van der Waals surface area (Å²) in [7, 11) is 0. The van der Waals surface area contributed by atoms with Gasteiger partial charge >= 0.3 is 5.97 Å². The van der Waals surface area contributed by atoms with Crippen LogP contribution in [-0.4, -0.2) is 62.4 Å². The third kappa shape index (κ3) is 9.45. The van der Waals surface area contributed by atoms with Crippen molar-refractivity contribution in [3.8, 4) is 0 Å². The first kappa shape index (κ1) is 28.5. The molecule has 2 aliphatic rings. The molecule has 0 spiro atoms. The average molecular weight is 514 g/mol. The Morgan fingerprint density at radius 3 is 2.00 bits per heavy atom. The minimum Gasteiger partial charge on any atom is -0.477 e. The summed E-state index contributed by atoms with van der Waals surface area (Å²) in [4.78, 5) is 73.0. The topological polar surface area (TPSA) is 251 Å². The van der Waals surface area contributed by atoms with Crippen LogP contribution in [0.3, 0.4) is 0 Å². The number of nitrogens with zero attached hydrogens (tertiary/aromatic N) is 2. The molecule has 3 heterocycles. The second-order valence-corrected chi connectivity index (χ2v) is 8.00. The molecule has 37 heavy (non-hydrogen) atoms. The van der Waals surface area contributed by atoms with Gasteiger partial charge in [0.15, 0.2) is 11.5 Å². The van der Waals surface area contributed by atoms with Crippen LogP contribution in [0.25, 0.3) is 0 Å². The Morgan fingerprint density at radius 2 is 1.51 bits per heavy atom. The lowest BCUT2D eigenvalue weighted by atomic mass is 9.94. The first-order valence-corrected chi connectivity index (χ1v) is 11.1. The standard InChI is InChI=1S/C11H12N4O3.C6H6N2O2.C6H9NO2/c12-8-3-1-2-6(13-8)10(17)14-7-4-5-9(16)15-11(7)18;7-5-3-1-2-4(8-5)6(9)10;7-5-2-1-4(8)3-6(5)9/h1-3,7H,4-5H2,(H2,12,13)(H,14,17)(H,15,16,18);1-3H,(H2,7,8)(H,9,10);5H,1-3,7H2. The van der Waals surface area contributed by atoms with Gasteiger partial charge in [0, 0.05) is 12.8 Å². The number of carboxylic acids is 1. The fraction of sp³-hybridized carbons (Fsp3) is 0.304. The lowest BCUT2D eigenvalue weighted by Gasteiger charge is -2.21. The molecular formula is C23H27N7O7. The summed E-state index contributed by atoms with van der Waals surface area (Å²) >= 11 is 0. The number of nitrogens with two attached hydrogens (primary N) is 3. The molecule has 1 aliphatic carbocycles. The Hall–Kier alpha value is -4.72. The fourth-order valence-corrected chi connectivity index (χ4v) is 3.10. The number of aromatic carboxylic acids is 1. The van der Waals surface area contributed by atoms with Gasteiger partial charge in [-0.2, -0.15) is 0 Å². The minimum absolute atomic E-state index is 0.0278. The first-order chi connectivity index (χ1) is 17.5. The van der Waals surface area contributed by atoms with Crippen molar-refractivity contribution in [2.45, 2.75) is 44.2 Å². The van der Waals surface area contributed by atoms with Gasteiger partial charge in [-0.25, -0.2) is 14.8 Å². The Bertz CT molecular complexity index is 1200. The van der Waals surface area contributed by atoms with E-state index < -0.39 is 23.8 Å². The van der Waals surface area contributed by atoms with Crippen LogP contribution in [0.15, 0.2) is 36.4 Å². The molecule has 2 unspecified atom stereocenters. The van der Waals surface area contributed by atoms with Gasteiger partial charge in [0.2, 0.25) is 11.8 Å². The molecule has 4 rings (SSSR count). The van der Waals surface area contributed by atoms with E-state index in [0.29, 0.717) is 19.3 Å². The van der Waals surface area contributed by atoms with Crippen LogP contribution in [0.2, 0.25) is 0 Å². The number of hydrogen-bond donors (Lipinski definition) is 6. The van der Waals surface area contributed by atoms with Crippen molar-refractivity contribution in [1.29, 1.82) is 0 Å². The van der Waals surface area contributed by atoms with Crippen LogP contribution < -0.4 is 27.8 Å². The van der Waals surface area contributed by atoms with Gasteiger partial charge in [-0.05, 0) is 37.1 Å². The predicted molar refractivity (Wildman–Crippen MR) is 130 cm³/mol. The zero-order valence-corrected chi connectivity index (χ0v) is 19.7. The molecule has 2 atom stereocenters. The summed E-state index contributed by atoms with van der Waals surface area (Å²) in [6.45, 7) is 0. The summed E-state index contributed by atoms with van der Waals surface area (Å²) in [5, 5.41) is 13.1. The highest BCUT2D eigenvalue weighted by Crippen LogP contribution is 2.09. The molecule has 3 amide bonds. The van der Waals surface area contributed by atoms with Crippen LogP contribution in [0.1, 0.15) is 53.1 Å². The van der Waals surface area contributed by atoms with Crippen LogP contribution in [-0.2, 0) is 19.2 Å². The van der Waals surface area contributed by atoms with E-state index in [1.54, 1.807) is 18.2 Å². The van der Waals surface area contributed by atoms with E-state index in [-0.39, 0.29) is 59.4 Å². The fourth-order valence-electron chi connectivity index (χ4n) is 3.10. The molecule has 1 saturated carbocycles. The molecule has 14 nitrogen and oxygen atoms in total. The highest BCUT2D eigenvalue weighted by Gasteiger charge is 2.28. The number of aromatic nitrogens is 2. The lowest BCUT2D eigenvalue weighted by Crippen LogP contribution is -2.52. The number of carboxylic acid groups (broad SMARTS) is 1. The van der Waals surface area contributed by atoms with Crippen molar-refractivity contribution >= 4 is 46.9 Å². The molecule has 0 bridgehead atoms. The number of pyridine rings is 2. The molecule has 1 saturated heterocycles. The molecule has 196 valence electrons. The average Bonchev–Trinajstić information content (AvgIpc) is 2.84. The highest BCUT2D eigenvalue weighted by atomic mass is 16.4. The van der Waals surface area contributed by atoms with Crippen LogP contribution in [0, 0.1) is 0 Å². The quantitative estimate of drug-likeness (QED) is 0.218. The van der Waals surface area contributed by atoms with Gasteiger partial charge in [-0.1, -0.05) is 12.1 Å². The molecule has 2 aromatic rings. The Morgan fingerprint density at radius 1 is 0.919 bits per heavy atom. The van der Waals surface area contributed by atoms with Crippen LogP contribution >= 0.6 is 0 Å². The van der Waals surface area contributed by atoms with E-state index in [0.717, 1.165) is 0 Å². The first-order valence-electron chi connectivity index (χ1n) is 11.1. The maximum Gasteiger partial charge on any atom is 0.354 e. The molecule has 0 radical (unpaired) electrons. The smallest absolute Gasteiger partial charge is 0.354 e. The van der Waals surface area contributed by atoms with Gasteiger partial charge in [-0.3, -0.25) is 29.3 Å². The number of ketones is 2. The number of amides is 3. The maximum atomic E-state index is 11.8. The number of nitrogens with one attached hydrogen (secondary N) is 2. The highest BCUT2D eigenvalue weighted by molar-refractivity contribution is 6.04. The third-order valence-electron chi connectivity index (χ3n) is 5.06. The van der Waals surface area contributed by atoms with E-state index in [2.05, 4.69) is 20.6 Å². The molecule has 14 heteroatoms. The van der Waals surface area contributed by atoms with Gasteiger partial charge in [0.25, 0.3) is 5.91 Å². The number of rotatable bonds is 3. The number of nitrogen functional groups attached to an aromatic ring is 2. The summed E-state index contributed by atoms with van der Waals surface area (Å²) < 4.78 is 0. The Labute approximate surface area is 211 Å². The number of piperidine rings is 1. The van der Waals surface area contributed by atoms with Gasteiger partial charge in [0.1, 0.15) is 29.2 Å². The van der Waals surface area contributed by atoms with Crippen LogP contribution in [0.5, 0.6) is 0 Å². The Balaban J connectivity index is 0.000000214. The van der Waals surface area contributed by atoms with Crippen molar-refractivity contribution in [2.24, 2.45) is 5.73 Å². The van der Waals surface area contributed by atoms with Gasteiger partial charge in [0.05, 0.1) is 12.5 Å². The van der Waals surface area contributed by atoms with E-state index in [9.17, 15) is 28.8 Å². The number of carbonyl (C=O) groups is 6. The van der Waals surface area contributed by atoms with E-state index in [1.165, 1.54) is 18.2 Å². The maximum absolute atomic E-state index is 11.8. The zero-order valence-electron chi connectivity index (χ0n) is 19.7. The predicted octanol–water partition coefficient (Wildman–Crippen LogP) is -0.803. The number of carbonyl (C=O) groups excluding carboxylic acids is 5. The molecule has 1 aliphatic heterocycles. The number of Topliss-reactive ketones (excluding diaryl/α,β-unsaturated/α-hetero) is 2. The molecule has 2 aromatic heterocycles. The number of anilines is 2. The summed E-state index contributed by atoms with van der Waals surface area (Å²) in [5.41, 5.74) is 16.1. The second kappa shape index (κ2) is 13.4. The van der Waals surface area contributed by atoms with Crippen molar-refractivity contribution in [1.82, 2.24) is 20.6 Å². The number of hydrogen-bond acceptors (Lipinski definition) is 11. The van der Waals surface area contributed by atoms with Crippen molar-refractivity contribution in [3.05, 3.63) is 47.8 Å². The SMILES string of the molecule is NC1CCC(=O)CC1=O.Nc1cccc(C(=O)NC2CCC(=O)NC2=O)n1.Nc1cccc(C(=O)O)n1. The summed E-state index contributed by atoms with van der Waals surface area (Å²) in [6.07, 6.45) is 1.57. The minimum atomic E-state index is -1.06. The van der Waals surface area contributed by atoms with Crippen molar-refractivity contribution < 1.29 is 33.9 Å². The van der Waals surface area contributed by atoms with Gasteiger partial charge < -0.3 is 27.6 Å². The monoisotopic (exact) mass is 513 g/mol. The molecule has 0 aromatic carbocycles. The lowest BCUT2D eigenvalue weighted by molar-refractivity contribution is -0.135. The van der Waals surface area contributed by atoms with Gasteiger partial charge in [-0.15, -0.1) is 0 Å². The zero-order chi connectivity index (χ0) is 27.5. The van der Waals surface area contributed by atoms with E-state index >= 15 is 0 Å². The van der Waals surface area contributed by atoms with E-state index in [4.69, 9.17) is 22.3 Å². The normalized spacial score (nSPS) is 18.8. The summed E-state index contributed by atoms with van der Waals surface area (Å²) in [5.74, 6) is -2.00. The Kier molecular flexibility index (Phi) is 10.3.